The van der Waals surface area contributed by atoms with Crippen LogP contribution in [0, 0.1) is 18.3 Å². The molecule has 1 aliphatic rings. The molecule has 1 aromatic heterocycles. The molecular weight excluding hydrogens is 264 g/mol. The standard InChI is InChI=1S/C17H16N2O2/c1-11-7-14(15(8-18)16(20)19-11)12-3-5-13(6-4-12)17(2)9-21-10-17/h3-7H,9-10H2,1-2H3,(H,19,20). The monoisotopic (exact) mass is 280 g/mol. The van der Waals surface area contributed by atoms with Gasteiger partial charge in [0.2, 0.25) is 0 Å². The molecular formula is C17H16N2O2. The number of nitrogens with one attached hydrogen (secondary N) is 1. The van der Waals surface area contributed by atoms with Crippen molar-refractivity contribution in [2.45, 2.75) is 19.3 Å². The summed E-state index contributed by atoms with van der Waals surface area (Å²) in [5.74, 6) is 0. The van der Waals surface area contributed by atoms with Crippen molar-refractivity contribution in [3.63, 3.8) is 0 Å². The summed E-state index contributed by atoms with van der Waals surface area (Å²) >= 11 is 0. The van der Waals surface area contributed by atoms with Crippen LogP contribution < -0.4 is 5.56 Å². The van der Waals surface area contributed by atoms with E-state index in [9.17, 15) is 10.1 Å². The molecule has 4 nitrogen and oxygen atoms in total. The number of nitrogens with zero attached hydrogens (tertiary/aromatic N) is 1. The van der Waals surface area contributed by atoms with Gasteiger partial charge in [-0.25, -0.2) is 0 Å². The third-order valence-electron chi connectivity index (χ3n) is 4.01. The molecule has 0 unspecified atom stereocenters. The number of benzene rings is 1. The number of ether oxygens (including phenoxy) is 1. The van der Waals surface area contributed by atoms with E-state index in [-0.39, 0.29) is 16.5 Å². The maximum absolute atomic E-state index is 11.9. The van der Waals surface area contributed by atoms with E-state index >= 15 is 0 Å². The molecule has 0 spiro atoms. The van der Waals surface area contributed by atoms with E-state index in [1.165, 1.54) is 5.56 Å². The molecule has 1 aliphatic heterocycles. The molecule has 3 rings (SSSR count). The lowest BCUT2D eigenvalue weighted by Gasteiger charge is -2.38. The van der Waals surface area contributed by atoms with Crippen LogP contribution in [0.5, 0.6) is 0 Å². The van der Waals surface area contributed by atoms with Crippen LogP contribution in [0.4, 0.5) is 0 Å². The maximum Gasteiger partial charge on any atom is 0.266 e. The summed E-state index contributed by atoms with van der Waals surface area (Å²) < 4.78 is 5.29. The average molecular weight is 280 g/mol. The molecule has 1 aromatic carbocycles. The zero-order valence-electron chi connectivity index (χ0n) is 12.1. The van der Waals surface area contributed by atoms with Crippen molar-refractivity contribution in [3.8, 4) is 17.2 Å². The van der Waals surface area contributed by atoms with Gasteiger partial charge in [0, 0.05) is 16.7 Å². The van der Waals surface area contributed by atoms with Crippen LogP contribution >= 0.6 is 0 Å². The fourth-order valence-electron chi connectivity index (χ4n) is 2.65. The summed E-state index contributed by atoms with van der Waals surface area (Å²) in [5, 5.41) is 9.20. The van der Waals surface area contributed by atoms with E-state index in [1.54, 1.807) is 0 Å². The van der Waals surface area contributed by atoms with E-state index in [4.69, 9.17) is 4.74 Å². The summed E-state index contributed by atoms with van der Waals surface area (Å²) in [5.41, 5.74) is 3.44. The Morgan fingerprint density at radius 1 is 1.29 bits per heavy atom. The summed E-state index contributed by atoms with van der Waals surface area (Å²) in [6, 6.07) is 11.9. The van der Waals surface area contributed by atoms with Crippen LogP contribution in [0.1, 0.15) is 23.7 Å². The largest absolute Gasteiger partial charge is 0.379 e. The molecule has 2 heterocycles. The first-order valence-electron chi connectivity index (χ1n) is 6.86. The summed E-state index contributed by atoms with van der Waals surface area (Å²) in [6.07, 6.45) is 0. The second-order valence-electron chi connectivity index (χ2n) is 5.81. The van der Waals surface area contributed by atoms with Crippen LogP contribution in [0.15, 0.2) is 35.1 Å². The summed E-state index contributed by atoms with van der Waals surface area (Å²) in [4.78, 5) is 14.5. The Morgan fingerprint density at radius 2 is 1.95 bits per heavy atom. The lowest BCUT2D eigenvalue weighted by molar-refractivity contribution is -0.0500. The number of hydrogen-bond donors (Lipinski definition) is 1. The van der Waals surface area contributed by atoms with E-state index < -0.39 is 0 Å². The molecule has 1 N–H and O–H groups in total. The minimum absolute atomic E-state index is 0.0840. The normalized spacial score (nSPS) is 16.0. The van der Waals surface area contributed by atoms with Gasteiger partial charge in [-0.1, -0.05) is 31.2 Å². The first kappa shape index (κ1) is 13.6. The number of H-pyrrole nitrogens is 1. The minimum Gasteiger partial charge on any atom is -0.379 e. The van der Waals surface area contributed by atoms with Gasteiger partial charge < -0.3 is 9.72 Å². The first-order valence-corrected chi connectivity index (χ1v) is 6.86. The van der Waals surface area contributed by atoms with Gasteiger partial charge in [-0.2, -0.15) is 5.26 Å². The van der Waals surface area contributed by atoms with Crippen LogP contribution in [0.3, 0.4) is 0 Å². The highest BCUT2D eigenvalue weighted by atomic mass is 16.5. The Labute approximate surface area is 123 Å². The van der Waals surface area contributed by atoms with Crippen molar-refractivity contribution >= 4 is 0 Å². The van der Waals surface area contributed by atoms with Crippen molar-refractivity contribution in [1.82, 2.24) is 4.98 Å². The predicted molar refractivity (Wildman–Crippen MR) is 80.1 cm³/mol. The first-order chi connectivity index (χ1) is 10.0. The molecule has 1 fully saturated rings. The Morgan fingerprint density at radius 3 is 2.48 bits per heavy atom. The van der Waals surface area contributed by atoms with Gasteiger partial charge >= 0.3 is 0 Å². The number of aromatic amines is 1. The van der Waals surface area contributed by atoms with Gasteiger partial charge in [0.1, 0.15) is 11.6 Å². The highest BCUT2D eigenvalue weighted by molar-refractivity contribution is 5.70. The number of aryl methyl sites for hydroxylation is 1. The quantitative estimate of drug-likeness (QED) is 0.919. The number of nitriles is 1. The molecule has 0 saturated carbocycles. The van der Waals surface area contributed by atoms with Crippen molar-refractivity contribution < 1.29 is 4.74 Å². The highest BCUT2D eigenvalue weighted by Crippen LogP contribution is 2.33. The molecule has 1 saturated heterocycles. The average Bonchev–Trinajstić information content (AvgIpc) is 2.44. The van der Waals surface area contributed by atoms with Crippen LogP contribution in [0.2, 0.25) is 0 Å². The van der Waals surface area contributed by atoms with E-state index in [2.05, 4.69) is 24.0 Å². The topological polar surface area (TPSA) is 65.9 Å². The lowest BCUT2D eigenvalue weighted by atomic mass is 9.80. The van der Waals surface area contributed by atoms with Crippen LogP contribution in [-0.2, 0) is 10.2 Å². The maximum atomic E-state index is 11.9. The van der Waals surface area contributed by atoms with Crippen LogP contribution in [-0.4, -0.2) is 18.2 Å². The van der Waals surface area contributed by atoms with Crippen molar-refractivity contribution in [2.24, 2.45) is 0 Å². The Balaban J connectivity index is 2.06. The molecule has 0 amide bonds. The van der Waals surface area contributed by atoms with Crippen molar-refractivity contribution in [2.75, 3.05) is 13.2 Å². The molecule has 0 bridgehead atoms. The molecule has 0 radical (unpaired) electrons. The third kappa shape index (κ3) is 2.26. The number of rotatable bonds is 2. The second-order valence-corrected chi connectivity index (χ2v) is 5.81. The Bertz CT molecular complexity index is 778. The summed E-state index contributed by atoms with van der Waals surface area (Å²) in [6.45, 7) is 5.45. The fourth-order valence-corrected chi connectivity index (χ4v) is 2.65. The predicted octanol–water partition coefficient (Wildman–Crippen LogP) is 2.51. The number of hydrogen-bond acceptors (Lipinski definition) is 3. The molecule has 2 aromatic rings. The fraction of sp³-hybridized carbons (Fsp3) is 0.294. The third-order valence-corrected chi connectivity index (χ3v) is 4.01. The molecule has 4 heteroatoms. The molecule has 21 heavy (non-hydrogen) atoms. The Kier molecular flexibility index (Phi) is 3.15. The number of pyridine rings is 1. The molecule has 106 valence electrons. The zero-order chi connectivity index (χ0) is 15.0. The number of aromatic nitrogens is 1. The van der Waals surface area contributed by atoms with Gasteiger partial charge in [-0.05, 0) is 24.1 Å². The highest BCUT2D eigenvalue weighted by Gasteiger charge is 2.34. The SMILES string of the molecule is Cc1cc(-c2ccc(C3(C)COC3)cc2)c(C#N)c(=O)[nH]1. The van der Waals surface area contributed by atoms with Crippen molar-refractivity contribution in [1.29, 1.82) is 5.26 Å². The van der Waals surface area contributed by atoms with E-state index in [1.807, 2.05) is 31.2 Å². The van der Waals surface area contributed by atoms with Gasteiger partial charge in [-0.15, -0.1) is 0 Å². The van der Waals surface area contributed by atoms with Gasteiger partial charge in [0.15, 0.2) is 0 Å². The second kappa shape index (κ2) is 4.87. The van der Waals surface area contributed by atoms with Crippen LogP contribution in [0.25, 0.3) is 11.1 Å². The van der Waals surface area contributed by atoms with Gasteiger partial charge in [-0.3, -0.25) is 4.79 Å². The minimum atomic E-state index is -0.337. The Hall–Kier alpha value is -2.38. The van der Waals surface area contributed by atoms with Gasteiger partial charge in [0.05, 0.1) is 13.2 Å². The molecule has 0 aliphatic carbocycles. The van der Waals surface area contributed by atoms with Gasteiger partial charge in [0.25, 0.3) is 5.56 Å². The van der Waals surface area contributed by atoms with E-state index in [0.717, 1.165) is 24.5 Å². The lowest BCUT2D eigenvalue weighted by Crippen LogP contribution is -2.43. The smallest absolute Gasteiger partial charge is 0.266 e. The zero-order valence-corrected chi connectivity index (χ0v) is 12.1. The summed E-state index contributed by atoms with van der Waals surface area (Å²) in [7, 11) is 0. The van der Waals surface area contributed by atoms with Crippen molar-refractivity contribution in [3.05, 3.63) is 57.5 Å². The molecule has 0 atom stereocenters. The van der Waals surface area contributed by atoms with E-state index in [0.29, 0.717) is 5.56 Å².